The lowest BCUT2D eigenvalue weighted by molar-refractivity contribution is 0.0924. The van der Waals surface area contributed by atoms with E-state index in [9.17, 15) is 14.4 Å². The average molecular weight is 411 g/mol. The van der Waals surface area contributed by atoms with E-state index in [1.807, 2.05) is 0 Å². The second kappa shape index (κ2) is 7.11. The number of nitrogens with one attached hydrogen (secondary N) is 1. The first-order valence-electron chi connectivity index (χ1n) is 8.30. The van der Waals surface area contributed by atoms with Gasteiger partial charge in [-0.25, -0.2) is 4.90 Å². The lowest BCUT2D eigenvalue weighted by Gasteiger charge is -2.16. The van der Waals surface area contributed by atoms with Crippen molar-refractivity contribution in [2.75, 3.05) is 10.2 Å². The molecule has 0 aromatic heterocycles. The fraction of sp³-hybridized carbons (Fsp3) is 0. The van der Waals surface area contributed by atoms with Crippen LogP contribution in [0.5, 0.6) is 0 Å². The Hall–Kier alpha value is -3.15. The fourth-order valence-corrected chi connectivity index (χ4v) is 3.31. The van der Waals surface area contributed by atoms with Crippen molar-refractivity contribution in [1.82, 2.24) is 0 Å². The molecule has 0 saturated carbocycles. The highest BCUT2D eigenvalue weighted by molar-refractivity contribution is 6.37. The van der Waals surface area contributed by atoms with Crippen LogP contribution >= 0.6 is 23.2 Å². The Morgan fingerprint density at radius 1 is 0.821 bits per heavy atom. The van der Waals surface area contributed by atoms with Gasteiger partial charge in [0.25, 0.3) is 17.7 Å². The van der Waals surface area contributed by atoms with Gasteiger partial charge in [-0.3, -0.25) is 14.4 Å². The summed E-state index contributed by atoms with van der Waals surface area (Å²) in [5, 5.41) is 3.43. The van der Waals surface area contributed by atoms with E-state index < -0.39 is 11.8 Å². The monoisotopic (exact) mass is 410 g/mol. The number of carbonyl (C=O) groups is 3. The summed E-state index contributed by atoms with van der Waals surface area (Å²) in [4.78, 5) is 38.6. The third kappa shape index (κ3) is 3.15. The maximum atomic E-state index is 12.6. The van der Waals surface area contributed by atoms with Crippen LogP contribution in [-0.4, -0.2) is 17.7 Å². The lowest BCUT2D eigenvalue weighted by atomic mass is 10.1. The summed E-state index contributed by atoms with van der Waals surface area (Å²) in [6, 6.07) is 17.6. The number of hydrogen-bond donors (Lipinski definition) is 1. The van der Waals surface area contributed by atoms with Gasteiger partial charge in [0.05, 0.1) is 27.5 Å². The predicted molar refractivity (Wildman–Crippen MR) is 108 cm³/mol. The number of benzene rings is 3. The number of halogens is 2. The van der Waals surface area contributed by atoms with Crippen LogP contribution in [0.4, 0.5) is 11.4 Å². The van der Waals surface area contributed by atoms with E-state index in [-0.39, 0.29) is 10.9 Å². The molecule has 1 aliphatic heterocycles. The maximum Gasteiger partial charge on any atom is 0.266 e. The Kier molecular flexibility index (Phi) is 4.63. The molecule has 0 unspecified atom stereocenters. The minimum Gasteiger partial charge on any atom is -0.321 e. The fourth-order valence-electron chi connectivity index (χ4n) is 2.96. The molecule has 0 bridgehead atoms. The molecule has 28 heavy (non-hydrogen) atoms. The first kappa shape index (κ1) is 18.2. The molecule has 4 rings (SSSR count). The van der Waals surface area contributed by atoms with Crippen LogP contribution in [0.3, 0.4) is 0 Å². The highest BCUT2D eigenvalue weighted by Gasteiger charge is 2.36. The molecule has 1 aliphatic rings. The van der Waals surface area contributed by atoms with Crippen LogP contribution in [0, 0.1) is 0 Å². The van der Waals surface area contributed by atoms with Crippen molar-refractivity contribution in [3.8, 4) is 0 Å². The van der Waals surface area contributed by atoms with Crippen molar-refractivity contribution >= 4 is 52.3 Å². The van der Waals surface area contributed by atoms with E-state index >= 15 is 0 Å². The van der Waals surface area contributed by atoms with Crippen LogP contribution in [0.1, 0.15) is 31.1 Å². The van der Waals surface area contributed by atoms with E-state index in [2.05, 4.69) is 5.32 Å². The van der Waals surface area contributed by atoms with Crippen molar-refractivity contribution in [2.45, 2.75) is 0 Å². The smallest absolute Gasteiger partial charge is 0.266 e. The van der Waals surface area contributed by atoms with Crippen LogP contribution in [0.25, 0.3) is 0 Å². The number of imide groups is 1. The molecular formula is C21H12Cl2N2O3. The van der Waals surface area contributed by atoms with Crippen LogP contribution in [-0.2, 0) is 0 Å². The predicted octanol–water partition coefficient (Wildman–Crippen LogP) is 5.05. The summed E-state index contributed by atoms with van der Waals surface area (Å²) >= 11 is 12.1. The quantitative estimate of drug-likeness (QED) is 0.614. The zero-order chi connectivity index (χ0) is 19.8. The molecule has 1 heterocycles. The summed E-state index contributed by atoms with van der Waals surface area (Å²) in [6.07, 6.45) is 0. The second-order valence-corrected chi connectivity index (χ2v) is 6.96. The van der Waals surface area contributed by atoms with Crippen LogP contribution in [0.15, 0.2) is 66.7 Å². The Balaban J connectivity index is 1.59. The second-order valence-electron chi connectivity index (χ2n) is 6.12. The molecule has 3 aromatic rings. The third-order valence-electron chi connectivity index (χ3n) is 4.36. The molecule has 0 spiro atoms. The third-order valence-corrected chi connectivity index (χ3v) is 4.92. The average Bonchev–Trinajstić information content (AvgIpc) is 2.95. The van der Waals surface area contributed by atoms with Gasteiger partial charge in [-0.2, -0.15) is 0 Å². The highest BCUT2D eigenvalue weighted by Crippen LogP contribution is 2.33. The first-order chi connectivity index (χ1) is 13.5. The van der Waals surface area contributed by atoms with Crippen molar-refractivity contribution in [1.29, 1.82) is 0 Å². The van der Waals surface area contributed by atoms with E-state index in [4.69, 9.17) is 23.2 Å². The van der Waals surface area contributed by atoms with E-state index in [0.29, 0.717) is 33.1 Å². The Labute approximate surface area is 170 Å². The summed E-state index contributed by atoms with van der Waals surface area (Å²) < 4.78 is 0. The summed E-state index contributed by atoms with van der Waals surface area (Å²) in [5.74, 6) is -1.17. The Morgan fingerprint density at radius 3 is 2.00 bits per heavy atom. The topological polar surface area (TPSA) is 66.5 Å². The number of anilines is 2. The normalized spacial score (nSPS) is 12.9. The molecule has 0 atom stereocenters. The standard InChI is InChI=1S/C21H12Cl2N2O3/c22-13-7-5-12(6-8-13)19(26)24-18-10-9-14(11-17(18)23)25-20(27)15-3-1-2-4-16(15)21(25)28/h1-11H,(H,24,26). The molecule has 0 aliphatic carbocycles. The molecule has 3 amide bonds. The zero-order valence-electron chi connectivity index (χ0n) is 14.3. The number of rotatable bonds is 3. The van der Waals surface area contributed by atoms with E-state index in [1.54, 1.807) is 60.7 Å². The summed E-state index contributed by atoms with van der Waals surface area (Å²) in [6.45, 7) is 0. The maximum absolute atomic E-state index is 12.6. The molecule has 0 saturated heterocycles. The number of hydrogen-bond acceptors (Lipinski definition) is 3. The summed E-state index contributed by atoms with van der Waals surface area (Å²) in [5.41, 5.74) is 1.82. The molecule has 1 N–H and O–H groups in total. The molecule has 138 valence electrons. The molecule has 7 heteroatoms. The molecule has 5 nitrogen and oxygen atoms in total. The van der Waals surface area contributed by atoms with Gasteiger partial charge in [0, 0.05) is 10.6 Å². The minimum absolute atomic E-state index is 0.205. The van der Waals surface area contributed by atoms with Crippen LogP contribution < -0.4 is 10.2 Å². The van der Waals surface area contributed by atoms with Crippen molar-refractivity contribution < 1.29 is 14.4 Å². The number of fused-ring (bicyclic) bond motifs is 1. The summed E-state index contributed by atoms with van der Waals surface area (Å²) in [7, 11) is 0. The highest BCUT2D eigenvalue weighted by atomic mass is 35.5. The van der Waals surface area contributed by atoms with Crippen molar-refractivity contribution in [2.24, 2.45) is 0 Å². The SMILES string of the molecule is O=C(Nc1ccc(N2C(=O)c3ccccc3C2=O)cc1Cl)c1ccc(Cl)cc1. The first-order valence-corrected chi connectivity index (χ1v) is 9.05. The van der Waals surface area contributed by atoms with Gasteiger partial charge in [0.1, 0.15) is 0 Å². The van der Waals surface area contributed by atoms with Gasteiger partial charge in [-0.1, -0.05) is 35.3 Å². The number of amides is 3. The molecule has 3 aromatic carbocycles. The molecule has 0 fully saturated rings. The lowest BCUT2D eigenvalue weighted by Crippen LogP contribution is -2.29. The molecule has 0 radical (unpaired) electrons. The van der Waals surface area contributed by atoms with Crippen molar-refractivity contribution in [3.63, 3.8) is 0 Å². The van der Waals surface area contributed by atoms with E-state index in [0.717, 1.165) is 4.90 Å². The van der Waals surface area contributed by atoms with E-state index in [1.165, 1.54) is 6.07 Å². The van der Waals surface area contributed by atoms with Gasteiger partial charge >= 0.3 is 0 Å². The van der Waals surface area contributed by atoms with Gasteiger partial charge in [0.2, 0.25) is 0 Å². The van der Waals surface area contributed by atoms with Gasteiger partial charge in [-0.15, -0.1) is 0 Å². The van der Waals surface area contributed by atoms with Gasteiger partial charge < -0.3 is 5.32 Å². The van der Waals surface area contributed by atoms with Crippen molar-refractivity contribution in [3.05, 3.63) is 93.5 Å². The van der Waals surface area contributed by atoms with Gasteiger partial charge in [-0.05, 0) is 54.6 Å². The van der Waals surface area contributed by atoms with Gasteiger partial charge in [0.15, 0.2) is 0 Å². The minimum atomic E-state index is -0.408. The Bertz CT molecular complexity index is 1090. The number of nitrogens with zero attached hydrogens (tertiary/aromatic N) is 1. The molecular weight excluding hydrogens is 399 g/mol. The Morgan fingerprint density at radius 2 is 1.43 bits per heavy atom. The largest absolute Gasteiger partial charge is 0.321 e. The van der Waals surface area contributed by atoms with Crippen LogP contribution in [0.2, 0.25) is 10.0 Å². The number of carbonyl (C=O) groups excluding carboxylic acids is 3. The zero-order valence-corrected chi connectivity index (χ0v) is 15.8.